The molecule has 4 rings (SSSR count). The number of aromatic nitrogens is 4. The number of hydrogen-bond donors (Lipinski definition) is 1. The van der Waals surface area contributed by atoms with Crippen LogP contribution in [-0.2, 0) is 0 Å². The third-order valence-electron chi connectivity index (χ3n) is 4.30. The first-order valence-corrected chi connectivity index (χ1v) is 7.56. The van der Waals surface area contributed by atoms with Crippen LogP contribution in [-0.4, -0.2) is 68.8 Å². The Kier molecular flexibility index (Phi) is 3.00. The van der Waals surface area contributed by atoms with Crippen molar-refractivity contribution in [3.8, 4) is 0 Å². The molecule has 22 heavy (non-hydrogen) atoms. The summed E-state index contributed by atoms with van der Waals surface area (Å²) < 4.78 is 1.70. The second kappa shape index (κ2) is 4.91. The molecule has 1 saturated carbocycles. The number of piperazine rings is 1. The van der Waals surface area contributed by atoms with Crippen LogP contribution >= 0.6 is 0 Å². The lowest BCUT2D eigenvalue weighted by molar-refractivity contribution is 0.0690. The summed E-state index contributed by atoms with van der Waals surface area (Å²) in [5.41, 5.74) is 0.0242. The Bertz CT molecular complexity index is 730. The van der Waals surface area contributed by atoms with Crippen LogP contribution in [0.2, 0.25) is 0 Å². The van der Waals surface area contributed by atoms with Crippen molar-refractivity contribution in [1.82, 2.24) is 24.5 Å². The Morgan fingerprint density at radius 1 is 1.23 bits per heavy atom. The van der Waals surface area contributed by atoms with Crippen molar-refractivity contribution in [3.05, 3.63) is 17.6 Å². The Balaban J connectivity index is 1.81. The molecule has 8 heteroatoms. The first-order chi connectivity index (χ1) is 10.6. The van der Waals surface area contributed by atoms with Gasteiger partial charge in [0.1, 0.15) is 5.82 Å². The van der Waals surface area contributed by atoms with Crippen molar-refractivity contribution in [2.24, 2.45) is 0 Å². The smallest absolute Gasteiger partial charge is 0.354 e. The molecule has 1 N–H and O–H groups in total. The summed E-state index contributed by atoms with van der Waals surface area (Å²) in [6.07, 6.45) is 2.21. The number of carbonyl (C=O) groups is 1. The highest BCUT2D eigenvalue weighted by Crippen LogP contribution is 2.38. The summed E-state index contributed by atoms with van der Waals surface area (Å²) in [6.45, 7) is 3.56. The second-order valence-corrected chi connectivity index (χ2v) is 6.05. The highest BCUT2D eigenvalue weighted by atomic mass is 16.4. The molecule has 0 aromatic carbocycles. The van der Waals surface area contributed by atoms with E-state index in [0.717, 1.165) is 50.7 Å². The van der Waals surface area contributed by atoms with E-state index in [2.05, 4.69) is 31.9 Å². The van der Waals surface area contributed by atoms with Gasteiger partial charge >= 0.3 is 5.97 Å². The number of nitrogens with zero attached hydrogens (tertiary/aromatic N) is 6. The molecule has 0 bridgehead atoms. The van der Waals surface area contributed by atoms with Gasteiger partial charge in [-0.25, -0.2) is 9.78 Å². The number of likely N-dealkylation sites (N-methyl/N-ethyl adjacent to an activating group) is 1. The van der Waals surface area contributed by atoms with Gasteiger partial charge in [0.25, 0.3) is 5.78 Å². The predicted octanol–water partition coefficient (Wildman–Crippen LogP) is 0.452. The topological polar surface area (TPSA) is 86.9 Å². The van der Waals surface area contributed by atoms with Gasteiger partial charge in [0.2, 0.25) is 0 Å². The minimum atomic E-state index is -1.03. The molecule has 0 spiro atoms. The SMILES string of the molecule is CN1CCN(c2cc(C(=O)O)nc3nc(C4CC4)nn23)CC1. The van der Waals surface area contributed by atoms with E-state index in [9.17, 15) is 9.90 Å². The van der Waals surface area contributed by atoms with E-state index in [0.29, 0.717) is 11.7 Å². The zero-order chi connectivity index (χ0) is 15.3. The second-order valence-electron chi connectivity index (χ2n) is 6.05. The predicted molar refractivity (Wildman–Crippen MR) is 79.4 cm³/mol. The number of anilines is 1. The molecule has 3 heterocycles. The molecule has 116 valence electrons. The van der Waals surface area contributed by atoms with Crippen LogP contribution < -0.4 is 4.90 Å². The van der Waals surface area contributed by atoms with E-state index >= 15 is 0 Å². The maximum atomic E-state index is 11.3. The van der Waals surface area contributed by atoms with Crippen molar-refractivity contribution in [2.75, 3.05) is 38.1 Å². The normalized spacial score (nSPS) is 19.8. The fraction of sp³-hybridized carbons (Fsp3) is 0.571. The lowest BCUT2D eigenvalue weighted by Crippen LogP contribution is -2.45. The maximum absolute atomic E-state index is 11.3. The van der Waals surface area contributed by atoms with Crippen LogP contribution in [0.4, 0.5) is 5.82 Å². The lowest BCUT2D eigenvalue weighted by atomic mass is 10.3. The van der Waals surface area contributed by atoms with Crippen LogP contribution in [0.3, 0.4) is 0 Å². The molecule has 2 fully saturated rings. The van der Waals surface area contributed by atoms with E-state index in [4.69, 9.17) is 0 Å². The molecule has 2 aromatic heterocycles. The summed E-state index contributed by atoms with van der Waals surface area (Å²) in [5.74, 6) is 1.32. The Morgan fingerprint density at radius 3 is 2.59 bits per heavy atom. The number of aromatic carboxylic acids is 1. The average molecular weight is 302 g/mol. The molecular weight excluding hydrogens is 284 g/mol. The molecule has 8 nitrogen and oxygen atoms in total. The highest BCUT2D eigenvalue weighted by Gasteiger charge is 2.29. The largest absolute Gasteiger partial charge is 0.477 e. The molecule has 2 aromatic rings. The quantitative estimate of drug-likeness (QED) is 0.881. The van der Waals surface area contributed by atoms with Crippen LogP contribution in [0.1, 0.15) is 35.1 Å². The van der Waals surface area contributed by atoms with Gasteiger partial charge < -0.3 is 14.9 Å². The number of hydrogen-bond acceptors (Lipinski definition) is 6. The van der Waals surface area contributed by atoms with Crippen LogP contribution in [0, 0.1) is 0 Å². The molecule has 0 radical (unpaired) electrons. The van der Waals surface area contributed by atoms with Gasteiger partial charge in [-0.3, -0.25) is 0 Å². The summed E-state index contributed by atoms with van der Waals surface area (Å²) >= 11 is 0. The zero-order valence-electron chi connectivity index (χ0n) is 12.4. The molecule has 0 unspecified atom stereocenters. The van der Waals surface area contributed by atoms with Gasteiger partial charge in [0.15, 0.2) is 11.5 Å². The monoisotopic (exact) mass is 302 g/mol. The van der Waals surface area contributed by atoms with Crippen molar-refractivity contribution < 1.29 is 9.90 Å². The number of carboxylic acids is 1. The summed E-state index contributed by atoms with van der Waals surface area (Å²) in [7, 11) is 2.09. The molecule has 0 atom stereocenters. The molecule has 1 aliphatic heterocycles. The standard InChI is InChI=1S/C14H18N6O2/c1-18-4-6-19(7-5-18)11-8-10(13(21)22)15-14-16-12(9-2-3-9)17-20(11)14/h8-9H,2-7H2,1H3,(H,21,22). The van der Waals surface area contributed by atoms with E-state index < -0.39 is 5.97 Å². The molecule has 1 aliphatic carbocycles. The van der Waals surface area contributed by atoms with Gasteiger partial charge in [-0.2, -0.15) is 9.50 Å². The average Bonchev–Trinajstić information content (AvgIpc) is 3.26. The third-order valence-corrected chi connectivity index (χ3v) is 4.30. The molecule has 0 amide bonds. The van der Waals surface area contributed by atoms with Crippen molar-refractivity contribution in [3.63, 3.8) is 0 Å². The molecule has 2 aliphatic rings. The van der Waals surface area contributed by atoms with Gasteiger partial charge in [-0.1, -0.05) is 0 Å². The number of fused-ring (bicyclic) bond motifs is 1. The van der Waals surface area contributed by atoms with Crippen LogP contribution in [0.15, 0.2) is 6.07 Å². The first kappa shape index (κ1) is 13.4. The summed E-state index contributed by atoms with van der Waals surface area (Å²) in [6, 6.07) is 1.60. The van der Waals surface area contributed by atoms with Crippen LogP contribution in [0.5, 0.6) is 0 Å². The molecule has 1 saturated heterocycles. The Labute approximate surface area is 127 Å². The number of rotatable bonds is 3. The van der Waals surface area contributed by atoms with Gasteiger partial charge in [-0.05, 0) is 19.9 Å². The summed E-state index contributed by atoms with van der Waals surface area (Å²) in [4.78, 5) is 24.3. The molecular formula is C14H18N6O2. The van der Waals surface area contributed by atoms with Crippen LogP contribution in [0.25, 0.3) is 5.78 Å². The van der Waals surface area contributed by atoms with E-state index in [1.54, 1.807) is 10.6 Å². The van der Waals surface area contributed by atoms with Gasteiger partial charge in [0, 0.05) is 38.2 Å². The van der Waals surface area contributed by atoms with Crippen molar-refractivity contribution in [2.45, 2.75) is 18.8 Å². The maximum Gasteiger partial charge on any atom is 0.354 e. The minimum Gasteiger partial charge on any atom is -0.477 e. The Hall–Kier alpha value is -2.22. The van der Waals surface area contributed by atoms with E-state index in [1.165, 1.54) is 0 Å². The Morgan fingerprint density at radius 2 is 1.95 bits per heavy atom. The van der Waals surface area contributed by atoms with Gasteiger partial charge in [0.05, 0.1) is 0 Å². The fourth-order valence-electron chi connectivity index (χ4n) is 2.75. The van der Waals surface area contributed by atoms with Crippen molar-refractivity contribution >= 4 is 17.6 Å². The number of carboxylic acid groups (broad SMARTS) is 1. The minimum absolute atomic E-state index is 0.0242. The van der Waals surface area contributed by atoms with Crippen molar-refractivity contribution in [1.29, 1.82) is 0 Å². The fourth-order valence-corrected chi connectivity index (χ4v) is 2.75. The van der Waals surface area contributed by atoms with Gasteiger partial charge in [-0.15, -0.1) is 5.10 Å². The summed E-state index contributed by atoms with van der Waals surface area (Å²) in [5, 5.41) is 13.9. The van der Waals surface area contributed by atoms with E-state index in [1.807, 2.05) is 0 Å². The first-order valence-electron chi connectivity index (χ1n) is 7.56. The third kappa shape index (κ3) is 2.29. The lowest BCUT2D eigenvalue weighted by Gasteiger charge is -2.33. The van der Waals surface area contributed by atoms with E-state index in [-0.39, 0.29) is 5.69 Å². The zero-order valence-corrected chi connectivity index (χ0v) is 12.4. The highest BCUT2D eigenvalue weighted by molar-refractivity contribution is 5.87.